The van der Waals surface area contributed by atoms with Crippen molar-refractivity contribution in [3.05, 3.63) is 77.9 Å². The SMILES string of the molecule is COc1ccc2[nH]c(CN3CCC[C@@H]3c3cccc(Nc4ccc(C#N)nc4)n3)cc2c1. The number of rotatable bonds is 6. The van der Waals surface area contributed by atoms with E-state index >= 15 is 0 Å². The summed E-state index contributed by atoms with van der Waals surface area (Å²) in [7, 11) is 1.69. The predicted molar refractivity (Wildman–Crippen MR) is 124 cm³/mol. The maximum Gasteiger partial charge on any atom is 0.140 e. The number of aromatic nitrogens is 3. The molecule has 0 bridgehead atoms. The van der Waals surface area contributed by atoms with Crippen LogP contribution < -0.4 is 10.1 Å². The smallest absolute Gasteiger partial charge is 0.140 e. The van der Waals surface area contributed by atoms with Crippen molar-refractivity contribution in [2.45, 2.75) is 25.4 Å². The summed E-state index contributed by atoms with van der Waals surface area (Å²) in [6, 6.07) is 20.2. The minimum atomic E-state index is 0.275. The van der Waals surface area contributed by atoms with Crippen LogP contribution in [0.1, 0.15) is 36.0 Å². The summed E-state index contributed by atoms with van der Waals surface area (Å²) in [6.45, 7) is 1.89. The van der Waals surface area contributed by atoms with Crippen molar-refractivity contribution >= 4 is 22.4 Å². The summed E-state index contributed by atoms with van der Waals surface area (Å²) in [5.74, 6) is 1.65. The van der Waals surface area contributed by atoms with Gasteiger partial charge in [-0.2, -0.15) is 5.26 Å². The number of aromatic amines is 1. The van der Waals surface area contributed by atoms with E-state index in [1.54, 1.807) is 19.4 Å². The first-order valence-electron chi connectivity index (χ1n) is 10.7. The summed E-state index contributed by atoms with van der Waals surface area (Å²) < 4.78 is 5.35. The van der Waals surface area contributed by atoms with Crippen LogP contribution in [0, 0.1) is 11.3 Å². The number of nitrogens with one attached hydrogen (secondary N) is 2. The third-order valence-corrected chi connectivity index (χ3v) is 5.88. The molecule has 1 aromatic carbocycles. The average molecular weight is 425 g/mol. The summed E-state index contributed by atoms with van der Waals surface area (Å²) in [6.07, 6.45) is 3.89. The molecule has 0 saturated carbocycles. The molecule has 0 spiro atoms. The van der Waals surface area contributed by atoms with Gasteiger partial charge in [-0.05, 0) is 67.9 Å². The van der Waals surface area contributed by atoms with E-state index in [1.165, 1.54) is 5.69 Å². The van der Waals surface area contributed by atoms with Gasteiger partial charge in [0.15, 0.2) is 0 Å². The second-order valence-electron chi connectivity index (χ2n) is 7.99. The van der Waals surface area contributed by atoms with Crippen LogP contribution >= 0.6 is 0 Å². The van der Waals surface area contributed by atoms with Gasteiger partial charge in [-0.3, -0.25) is 4.90 Å². The Bertz CT molecular complexity index is 1270. The molecule has 4 heterocycles. The number of likely N-dealkylation sites (tertiary alicyclic amines) is 1. The van der Waals surface area contributed by atoms with Crippen LogP contribution in [0.4, 0.5) is 11.5 Å². The molecule has 1 fully saturated rings. The fourth-order valence-corrected chi connectivity index (χ4v) is 4.34. The standard InChI is InChI=1S/C25H24N6O/c1-32-21-9-10-22-17(13-21)12-20(28-22)16-31-11-3-5-24(31)23-4-2-6-25(30-23)29-19-8-7-18(14-26)27-15-19/h2,4,6-10,12-13,15,24,28H,3,5,11,16H2,1H3,(H,29,30)/t24-/m1/s1. The molecule has 0 radical (unpaired) electrons. The molecule has 1 saturated heterocycles. The Hall–Kier alpha value is -3.89. The molecular weight excluding hydrogens is 400 g/mol. The van der Waals surface area contributed by atoms with Crippen LogP contribution in [0.3, 0.4) is 0 Å². The van der Waals surface area contributed by atoms with Gasteiger partial charge in [-0.25, -0.2) is 9.97 Å². The molecule has 1 aliphatic rings. The van der Waals surface area contributed by atoms with Crippen LogP contribution in [0.25, 0.3) is 10.9 Å². The van der Waals surface area contributed by atoms with Crippen LogP contribution in [0.5, 0.6) is 5.75 Å². The first-order valence-corrected chi connectivity index (χ1v) is 10.7. The van der Waals surface area contributed by atoms with E-state index in [2.05, 4.69) is 44.5 Å². The third kappa shape index (κ3) is 4.13. The molecule has 4 aromatic rings. The summed E-state index contributed by atoms with van der Waals surface area (Å²) >= 11 is 0. The number of hydrogen-bond donors (Lipinski definition) is 2. The highest BCUT2D eigenvalue weighted by atomic mass is 16.5. The molecule has 3 aromatic heterocycles. The number of pyridine rings is 2. The van der Waals surface area contributed by atoms with Gasteiger partial charge in [-0.15, -0.1) is 0 Å². The summed E-state index contributed by atoms with van der Waals surface area (Å²) in [4.78, 5) is 15.0. The fourth-order valence-electron chi connectivity index (χ4n) is 4.34. The molecule has 1 aliphatic heterocycles. The number of benzene rings is 1. The molecule has 7 heteroatoms. The molecule has 160 valence electrons. The van der Waals surface area contributed by atoms with E-state index < -0.39 is 0 Å². The second-order valence-corrected chi connectivity index (χ2v) is 7.99. The topological polar surface area (TPSA) is 89.9 Å². The minimum Gasteiger partial charge on any atom is -0.497 e. The number of nitriles is 1. The number of fused-ring (bicyclic) bond motifs is 1. The van der Waals surface area contributed by atoms with Gasteiger partial charge >= 0.3 is 0 Å². The first kappa shape index (κ1) is 20.0. The lowest BCUT2D eigenvalue weighted by Gasteiger charge is -2.24. The normalized spacial score (nSPS) is 16.2. The van der Waals surface area contributed by atoms with Crippen molar-refractivity contribution in [3.8, 4) is 11.8 Å². The van der Waals surface area contributed by atoms with Crippen LogP contribution in [-0.2, 0) is 6.54 Å². The number of hydrogen-bond acceptors (Lipinski definition) is 6. The lowest BCUT2D eigenvalue weighted by molar-refractivity contribution is 0.242. The van der Waals surface area contributed by atoms with Gasteiger partial charge in [-0.1, -0.05) is 6.07 Å². The Balaban J connectivity index is 1.33. The van der Waals surface area contributed by atoms with Crippen LogP contribution in [0.2, 0.25) is 0 Å². The summed E-state index contributed by atoms with van der Waals surface area (Å²) in [5.41, 5.74) is 4.58. The highest BCUT2D eigenvalue weighted by Gasteiger charge is 2.27. The van der Waals surface area contributed by atoms with Crippen molar-refractivity contribution in [1.82, 2.24) is 19.9 Å². The van der Waals surface area contributed by atoms with E-state index in [-0.39, 0.29) is 6.04 Å². The minimum absolute atomic E-state index is 0.275. The van der Waals surface area contributed by atoms with E-state index in [0.717, 1.165) is 59.8 Å². The first-order chi connectivity index (χ1) is 15.7. The van der Waals surface area contributed by atoms with Gasteiger partial charge < -0.3 is 15.0 Å². The maximum atomic E-state index is 8.91. The number of ether oxygens (including phenoxy) is 1. The van der Waals surface area contributed by atoms with Crippen molar-refractivity contribution in [1.29, 1.82) is 5.26 Å². The molecule has 2 N–H and O–H groups in total. The van der Waals surface area contributed by atoms with E-state index in [1.807, 2.05) is 30.3 Å². The largest absolute Gasteiger partial charge is 0.497 e. The molecule has 32 heavy (non-hydrogen) atoms. The Labute approximate surface area is 186 Å². The Morgan fingerprint density at radius 2 is 2.16 bits per heavy atom. The van der Waals surface area contributed by atoms with Crippen molar-refractivity contribution in [2.24, 2.45) is 0 Å². The monoisotopic (exact) mass is 424 g/mol. The number of anilines is 2. The Morgan fingerprint density at radius 3 is 2.97 bits per heavy atom. The van der Waals surface area contributed by atoms with Gasteiger partial charge in [0.1, 0.15) is 23.3 Å². The van der Waals surface area contributed by atoms with Gasteiger partial charge in [0.25, 0.3) is 0 Å². The van der Waals surface area contributed by atoms with Crippen LogP contribution in [-0.4, -0.2) is 33.5 Å². The zero-order chi connectivity index (χ0) is 21.9. The molecule has 0 amide bonds. The molecule has 0 aliphatic carbocycles. The Kier molecular flexibility index (Phi) is 5.44. The zero-order valence-corrected chi connectivity index (χ0v) is 17.9. The van der Waals surface area contributed by atoms with Gasteiger partial charge in [0.2, 0.25) is 0 Å². The third-order valence-electron chi connectivity index (χ3n) is 5.88. The molecule has 7 nitrogen and oxygen atoms in total. The van der Waals surface area contributed by atoms with Gasteiger partial charge in [0.05, 0.1) is 30.7 Å². The highest BCUT2D eigenvalue weighted by Crippen LogP contribution is 2.33. The number of nitrogens with zero attached hydrogens (tertiary/aromatic N) is 4. The van der Waals surface area contributed by atoms with E-state index in [4.69, 9.17) is 15.0 Å². The Morgan fingerprint density at radius 1 is 1.22 bits per heavy atom. The number of methoxy groups -OCH3 is 1. The quantitative estimate of drug-likeness (QED) is 0.457. The molecular formula is C25H24N6O. The van der Waals surface area contributed by atoms with E-state index in [9.17, 15) is 0 Å². The molecule has 0 unspecified atom stereocenters. The second kappa shape index (κ2) is 8.69. The van der Waals surface area contributed by atoms with Crippen LogP contribution in [0.15, 0.2) is 60.8 Å². The number of H-pyrrole nitrogens is 1. The van der Waals surface area contributed by atoms with Crippen molar-refractivity contribution < 1.29 is 4.74 Å². The maximum absolute atomic E-state index is 8.91. The van der Waals surface area contributed by atoms with E-state index in [0.29, 0.717) is 5.69 Å². The van der Waals surface area contributed by atoms with Crippen molar-refractivity contribution in [3.63, 3.8) is 0 Å². The van der Waals surface area contributed by atoms with Gasteiger partial charge in [0, 0.05) is 23.1 Å². The average Bonchev–Trinajstić information content (AvgIpc) is 3.45. The zero-order valence-electron chi connectivity index (χ0n) is 17.9. The fraction of sp³-hybridized carbons (Fsp3) is 0.240. The summed E-state index contributed by atoms with van der Waals surface area (Å²) in [5, 5.41) is 13.4. The predicted octanol–water partition coefficient (Wildman–Crippen LogP) is 4.92. The van der Waals surface area contributed by atoms with Crippen molar-refractivity contribution in [2.75, 3.05) is 19.0 Å². The lowest BCUT2D eigenvalue weighted by atomic mass is 10.1. The highest BCUT2D eigenvalue weighted by molar-refractivity contribution is 5.81. The molecule has 5 rings (SSSR count). The molecule has 1 atom stereocenters. The lowest BCUT2D eigenvalue weighted by Crippen LogP contribution is -2.23.